The van der Waals surface area contributed by atoms with Crippen molar-refractivity contribution >= 4 is 11.7 Å². The molecule has 3 nitrogen and oxygen atoms in total. The summed E-state index contributed by atoms with van der Waals surface area (Å²) in [4.78, 5) is 27.2. The van der Waals surface area contributed by atoms with Gasteiger partial charge >= 0.3 is 0 Å². The monoisotopic (exact) mass is 347 g/mol. The number of fused-ring (bicyclic) bond motifs is 1. The minimum atomic E-state index is 0.0866. The number of nitrogens with zero attached hydrogens (tertiary/aromatic N) is 1. The Labute approximate surface area is 155 Å². The molecule has 1 fully saturated rings. The number of Topliss-reactive ketones (excluding diaryl/α,β-unsaturated/α-hetero) is 1. The Morgan fingerprint density at radius 2 is 1.73 bits per heavy atom. The first-order valence-corrected chi connectivity index (χ1v) is 9.72. The predicted octanol–water partition coefficient (Wildman–Crippen LogP) is 4.50. The van der Waals surface area contributed by atoms with Gasteiger partial charge in [-0.1, -0.05) is 42.5 Å². The number of aryl methyl sites for hydroxylation is 2. The molecule has 0 radical (unpaired) electrons. The first kappa shape index (κ1) is 17.0. The molecule has 0 N–H and O–H groups in total. The van der Waals surface area contributed by atoms with E-state index in [4.69, 9.17) is 0 Å². The molecule has 1 amide bonds. The number of hydrogen-bond donors (Lipinski definition) is 0. The quantitative estimate of drug-likeness (QED) is 0.747. The van der Waals surface area contributed by atoms with Gasteiger partial charge in [0, 0.05) is 24.9 Å². The first-order valence-electron chi connectivity index (χ1n) is 9.72. The van der Waals surface area contributed by atoms with Gasteiger partial charge in [0.2, 0.25) is 5.91 Å². The molecule has 26 heavy (non-hydrogen) atoms. The van der Waals surface area contributed by atoms with Gasteiger partial charge in [-0.15, -0.1) is 0 Å². The molecule has 1 unspecified atom stereocenters. The molecule has 1 atom stereocenters. The molecule has 1 saturated heterocycles. The molecule has 4 rings (SSSR count). The van der Waals surface area contributed by atoms with E-state index in [0.29, 0.717) is 12.8 Å². The third kappa shape index (κ3) is 3.44. The molecule has 1 aliphatic carbocycles. The minimum absolute atomic E-state index is 0.0866. The van der Waals surface area contributed by atoms with Crippen molar-refractivity contribution in [2.45, 2.75) is 51.0 Å². The van der Waals surface area contributed by atoms with E-state index < -0.39 is 0 Å². The van der Waals surface area contributed by atoms with Crippen LogP contribution in [0.2, 0.25) is 0 Å². The Morgan fingerprint density at radius 1 is 0.923 bits per heavy atom. The van der Waals surface area contributed by atoms with Crippen molar-refractivity contribution in [1.82, 2.24) is 4.90 Å². The Kier molecular flexibility index (Phi) is 4.87. The van der Waals surface area contributed by atoms with E-state index in [1.54, 1.807) is 0 Å². The highest BCUT2D eigenvalue weighted by Gasteiger charge is 2.29. The Hall–Kier alpha value is -2.42. The fourth-order valence-corrected chi connectivity index (χ4v) is 4.34. The second-order valence-electron chi connectivity index (χ2n) is 7.42. The molecule has 0 saturated carbocycles. The molecule has 0 spiro atoms. The number of ketones is 1. The summed E-state index contributed by atoms with van der Waals surface area (Å²) in [6, 6.07) is 16.4. The van der Waals surface area contributed by atoms with Crippen LogP contribution in [0.4, 0.5) is 0 Å². The standard InChI is InChI=1S/C23H25NO2/c25-22(20-12-11-17-8-4-9-19(17)16-20)13-14-23(26)24-15-5-10-21(24)18-6-2-1-3-7-18/h1-3,6-7,11-12,16,21H,4-5,8-10,13-15H2. The second-order valence-corrected chi connectivity index (χ2v) is 7.42. The average molecular weight is 347 g/mol. The van der Waals surface area contributed by atoms with Crippen LogP contribution < -0.4 is 0 Å². The predicted molar refractivity (Wildman–Crippen MR) is 102 cm³/mol. The summed E-state index contributed by atoms with van der Waals surface area (Å²) in [7, 11) is 0. The highest BCUT2D eigenvalue weighted by molar-refractivity contribution is 5.98. The molecular weight excluding hydrogens is 322 g/mol. The maximum atomic E-state index is 12.7. The maximum absolute atomic E-state index is 12.7. The van der Waals surface area contributed by atoms with E-state index in [0.717, 1.165) is 37.8 Å². The summed E-state index contributed by atoms with van der Waals surface area (Å²) >= 11 is 0. The number of amides is 1. The van der Waals surface area contributed by atoms with Gasteiger partial charge in [0.25, 0.3) is 0 Å². The van der Waals surface area contributed by atoms with Crippen LogP contribution in [0.1, 0.15) is 65.2 Å². The van der Waals surface area contributed by atoms with Crippen LogP contribution in [0.25, 0.3) is 0 Å². The number of rotatable bonds is 5. The largest absolute Gasteiger partial charge is 0.336 e. The van der Waals surface area contributed by atoms with Crippen LogP contribution in [-0.2, 0) is 17.6 Å². The van der Waals surface area contributed by atoms with Crippen molar-refractivity contribution in [3.05, 3.63) is 70.8 Å². The zero-order valence-electron chi connectivity index (χ0n) is 15.1. The van der Waals surface area contributed by atoms with Gasteiger partial charge in [0.05, 0.1) is 6.04 Å². The van der Waals surface area contributed by atoms with Crippen molar-refractivity contribution in [3.8, 4) is 0 Å². The molecule has 2 aromatic carbocycles. The summed E-state index contributed by atoms with van der Waals surface area (Å²) < 4.78 is 0. The van der Waals surface area contributed by atoms with E-state index in [1.807, 2.05) is 35.2 Å². The van der Waals surface area contributed by atoms with Gasteiger partial charge in [0.1, 0.15) is 0 Å². The smallest absolute Gasteiger partial charge is 0.223 e. The third-order valence-corrected chi connectivity index (χ3v) is 5.74. The van der Waals surface area contributed by atoms with Crippen molar-refractivity contribution in [2.75, 3.05) is 6.54 Å². The van der Waals surface area contributed by atoms with E-state index in [-0.39, 0.29) is 17.7 Å². The normalized spacial score (nSPS) is 18.8. The van der Waals surface area contributed by atoms with Crippen molar-refractivity contribution in [2.24, 2.45) is 0 Å². The van der Waals surface area contributed by atoms with E-state index >= 15 is 0 Å². The summed E-state index contributed by atoms with van der Waals surface area (Å²) in [5, 5.41) is 0. The molecule has 2 aliphatic rings. The fourth-order valence-electron chi connectivity index (χ4n) is 4.34. The number of carbonyl (C=O) groups excluding carboxylic acids is 2. The van der Waals surface area contributed by atoms with Crippen molar-refractivity contribution in [1.29, 1.82) is 0 Å². The average Bonchev–Trinajstić information content (AvgIpc) is 3.35. The topological polar surface area (TPSA) is 37.4 Å². The third-order valence-electron chi connectivity index (χ3n) is 5.74. The van der Waals surface area contributed by atoms with Gasteiger partial charge < -0.3 is 4.90 Å². The van der Waals surface area contributed by atoms with Crippen LogP contribution in [0, 0.1) is 0 Å². The molecule has 3 heteroatoms. The number of carbonyl (C=O) groups is 2. The lowest BCUT2D eigenvalue weighted by Crippen LogP contribution is -2.30. The second kappa shape index (κ2) is 7.45. The SMILES string of the molecule is O=C(CCC(=O)N1CCCC1c1ccccc1)c1ccc2c(c1)CCC2. The van der Waals surface area contributed by atoms with E-state index in [9.17, 15) is 9.59 Å². The zero-order chi connectivity index (χ0) is 17.9. The first-order chi connectivity index (χ1) is 12.7. The lowest BCUT2D eigenvalue weighted by molar-refractivity contribution is -0.132. The molecule has 0 bridgehead atoms. The Bertz CT molecular complexity index is 812. The Morgan fingerprint density at radius 3 is 2.58 bits per heavy atom. The highest BCUT2D eigenvalue weighted by Crippen LogP contribution is 2.32. The lowest BCUT2D eigenvalue weighted by Gasteiger charge is -2.25. The van der Waals surface area contributed by atoms with Gasteiger partial charge in [-0.05, 0) is 54.9 Å². The maximum Gasteiger partial charge on any atom is 0.223 e. The molecule has 134 valence electrons. The molecule has 1 aliphatic heterocycles. The summed E-state index contributed by atoms with van der Waals surface area (Å²) in [5.74, 6) is 0.189. The number of hydrogen-bond acceptors (Lipinski definition) is 2. The van der Waals surface area contributed by atoms with Crippen LogP contribution in [0.15, 0.2) is 48.5 Å². The number of benzene rings is 2. The molecule has 0 aromatic heterocycles. The summed E-state index contributed by atoms with van der Waals surface area (Å²) in [6.07, 6.45) is 6.02. The van der Waals surface area contributed by atoms with Crippen LogP contribution in [0.5, 0.6) is 0 Å². The van der Waals surface area contributed by atoms with Gasteiger partial charge in [-0.2, -0.15) is 0 Å². The molecular formula is C23H25NO2. The fraction of sp³-hybridized carbons (Fsp3) is 0.391. The Balaban J connectivity index is 1.38. The van der Waals surface area contributed by atoms with Crippen LogP contribution in [-0.4, -0.2) is 23.1 Å². The van der Waals surface area contributed by atoms with Gasteiger partial charge in [-0.3, -0.25) is 9.59 Å². The van der Waals surface area contributed by atoms with Crippen molar-refractivity contribution < 1.29 is 9.59 Å². The van der Waals surface area contributed by atoms with Crippen LogP contribution >= 0.6 is 0 Å². The number of likely N-dealkylation sites (tertiary alicyclic amines) is 1. The van der Waals surface area contributed by atoms with Crippen LogP contribution in [0.3, 0.4) is 0 Å². The summed E-state index contributed by atoms with van der Waals surface area (Å²) in [6.45, 7) is 0.797. The van der Waals surface area contributed by atoms with Gasteiger partial charge in [0.15, 0.2) is 5.78 Å². The van der Waals surface area contributed by atoms with E-state index in [1.165, 1.54) is 23.1 Å². The zero-order valence-corrected chi connectivity index (χ0v) is 15.1. The van der Waals surface area contributed by atoms with Gasteiger partial charge in [-0.25, -0.2) is 0 Å². The highest BCUT2D eigenvalue weighted by atomic mass is 16.2. The minimum Gasteiger partial charge on any atom is -0.336 e. The summed E-state index contributed by atoms with van der Waals surface area (Å²) in [5.41, 5.74) is 4.65. The molecule has 1 heterocycles. The van der Waals surface area contributed by atoms with E-state index in [2.05, 4.69) is 18.2 Å². The lowest BCUT2D eigenvalue weighted by atomic mass is 10.0. The molecule has 2 aromatic rings. The van der Waals surface area contributed by atoms with Crippen molar-refractivity contribution in [3.63, 3.8) is 0 Å².